The maximum Gasteiger partial charge on any atom is 0.416 e. The Morgan fingerprint density at radius 1 is 1.06 bits per heavy atom. The summed E-state index contributed by atoms with van der Waals surface area (Å²) in [4.78, 5) is 28.8. The molecular formula is C24H17ClF3N5O3. The van der Waals surface area contributed by atoms with Crippen LogP contribution in [0.4, 0.5) is 24.7 Å². The molecule has 1 fully saturated rings. The molecule has 0 aliphatic heterocycles. The van der Waals surface area contributed by atoms with E-state index in [1.54, 1.807) is 36.5 Å². The number of rotatable bonds is 6. The molecular weight excluding hydrogens is 499 g/mol. The Bertz CT molecular complexity index is 1480. The Morgan fingerprint density at radius 2 is 1.86 bits per heavy atom. The van der Waals surface area contributed by atoms with Crippen LogP contribution in [-0.2, 0) is 11.0 Å². The van der Waals surface area contributed by atoms with Crippen molar-refractivity contribution in [3.63, 3.8) is 0 Å². The Morgan fingerprint density at radius 3 is 2.61 bits per heavy atom. The van der Waals surface area contributed by atoms with E-state index >= 15 is 0 Å². The van der Waals surface area contributed by atoms with Gasteiger partial charge in [-0.05, 0) is 49.2 Å². The molecule has 36 heavy (non-hydrogen) atoms. The van der Waals surface area contributed by atoms with Crippen LogP contribution in [0.5, 0.6) is 11.6 Å². The molecule has 4 aromatic rings. The van der Waals surface area contributed by atoms with E-state index < -0.39 is 17.6 Å². The Hall–Kier alpha value is -4.12. The molecule has 0 atom stereocenters. The Balaban J connectivity index is 1.30. The molecule has 5 rings (SSSR count). The summed E-state index contributed by atoms with van der Waals surface area (Å²) in [6.45, 7) is 0. The van der Waals surface area contributed by atoms with Crippen molar-refractivity contribution < 1.29 is 27.5 Å². The molecule has 0 radical (unpaired) electrons. The highest BCUT2D eigenvalue weighted by atomic mass is 35.5. The maximum absolute atomic E-state index is 13.0. The molecule has 0 unspecified atom stereocenters. The second-order valence-electron chi connectivity index (χ2n) is 8.14. The number of carbonyl (C=O) groups excluding carboxylic acids is 2. The third-order valence-corrected chi connectivity index (χ3v) is 5.68. The largest absolute Gasteiger partial charge is 0.438 e. The summed E-state index contributed by atoms with van der Waals surface area (Å²) in [7, 11) is 0. The molecule has 8 nitrogen and oxygen atoms in total. The van der Waals surface area contributed by atoms with Gasteiger partial charge in [-0.2, -0.15) is 13.2 Å². The first-order chi connectivity index (χ1) is 17.2. The number of nitrogens with zero attached hydrogens (tertiary/aromatic N) is 3. The van der Waals surface area contributed by atoms with Crippen LogP contribution in [-0.4, -0.2) is 26.4 Å². The maximum atomic E-state index is 13.0. The summed E-state index contributed by atoms with van der Waals surface area (Å²) >= 11 is 5.95. The van der Waals surface area contributed by atoms with Gasteiger partial charge in [-0.25, -0.2) is 9.50 Å². The van der Waals surface area contributed by atoms with E-state index in [-0.39, 0.29) is 34.0 Å². The van der Waals surface area contributed by atoms with Gasteiger partial charge in [-0.1, -0.05) is 17.7 Å². The van der Waals surface area contributed by atoms with Crippen LogP contribution >= 0.6 is 11.6 Å². The van der Waals surface area contributed by atoms with Gasteiger partial charge < -0.3 is 15.4 Å². The van der Waals surface area contributed by atoms with Crippen LogP contribution in [0.1, 0.15) is 28.8 Å². The SMILES string of the molecule is O=C(Nc1cccc(Oc2ccc3nc(NC(=O)C4CC4)cn3n2)c1)c1cc(C(F)(F)F)ccc1Cl. The van der Waals surface area contributed by atoms with E-state index in [4.69, 9.17) is 16.3 Å². The average molecular weight is 516 g/mol. The summed E-state index contributed by atoms with van der Waals surface area (Å²) < 4.78 is 46.3. The highest BCUT2D eigenvalue weighted by Crippen LogP contribution is 2.33. The fourth-order valence-electron chi connectivity index (χ4n) is 3.39. The summed E-state index contributed by atoms with van der Waals surface area (Å²) in [6.07, 6.45) is -1.29. The normalized spacial score (nSPS) is 13.4. The van der Waals surface area contributed by atoms with E-state index in [9.17, 15) is 22.8 Å². The third-order valence-electron chi connectivity index (χ3n) is 5.35. The molecule has 184 valence electrons. The van der Waals surface area contributed by atoms with Gasteiger partial charge in [-0.3, -0.25) is 9.59 Å². The van der Waals surface area contributed by atoms with Gasteiger partial charge in [0.1, 0.15) is 5.75 Å². The van der Waals surface area contributed by atoms with Gasteiger partial charge in [0.2, 0.25) is 11.8 Å². The smallest absolute Gasteiger partial charge is 0.416 e. The monoisotopic (exact) mass is 515 g/mol. The highest BCUT2D eigenvalue weighted by Gasteiger charge is 2.32. The van der Waals surface area contributed by atoms with Crippen molar-refractivity contribution in [1.82, 2.24) is 14.6 Å². The van der Waals surface area contributed by atoms with Crippen molar-refractivity contribution in [3.8, 4) is 11.6 Å². The number of imidazole rings is 1. The number of carbonyl (C=O) groups is 2. The van der Waals surface area contributed by atoms with Gasteiger partial charge in [0, 0.05) is 23.7 Å². The number of amides is 2. The number of benzene rings is 2. The molecule has 2 amide bonds. The van der Waals surface area contributed by atoms with E-state index in [0.29, 0.717) is 23.3 Å². The molecule has 1 aliphatic rings. The minimum atomic E-state index is -4.61. The second-order valence-corrected chi connectivity index (χ2v) is 8.55. The zero-order valence-electron chi connectivity index (χ0n) is 18.3. The van der Waals surface area contributed by atoms with Crippen LogP contribution in [0.3, 0.4) is 0 Å². The summed E-state index contributed by atoms with van der Waals surface area (Å²) in [6, 6.07) is 12.0. The molecule has 12 heteroatoms. The first kappa shape index (κ1) is 23.6. The number of hydrogen-bond donors (Lipinski definition) is 2. The molecule has 0 saturated heterocycles. The lowest BCUT2D eigenvalue weighted by Gasteiger charge is -2.12. The predicted molar refractivity (Wildman–Crippen MR) is 125 cm³/mol. The van der Waals surface area contributed by atoms with Crippen LogP contribution in [0.15, 0.2) is 60.8 Å². The van der Waals surface area contributed by atoms with Gasteiger partial charge in [0.15, 0.2) is 11.5 Å². The molecule has 2 aromatic heterocycles. The first-order valence-corrected chi connectivity index (χ1v) is 11.2. The number of aromatic nitrogens is 3. The van der Waals surface area contributed by atoms with Crippen molar-refractivity contribution in [3.05, 3.63) is 76.9 Å². The van der Waals surface area contributed by atoms with Crippen molar-refractivity contribution >= 4 is 40.6 Å². The topological polar surface area (TPSA) is 97.6 Å². The molecule has 0 bridgehead atoms. The number of alkyl halides is 3. The van der Waals surface area contributed by atoms with Gasteiger partial charge >= 0.3 is 6.18 Å². The minimum Gasteiger partial charge on any atom is -0.438 e. The van der Waals surface area contributed by atoms with E-state index in [2.05, 4.69) is 20.7 Å². The Kier molecular flexibility index (Phi) is 6.00. The van der Waals surface area contributed by atoms with Crippen LogP contribution < -0.4 is 15.4 Å². The highest BCUT2D eigenvalue weighted by molar-refractivity contribution is 6.34. The second kappa shape index (κ2) is 9.15. The van der Waals surface area contributed by atoms with E-state index in [0.717, 1.165) is 25.0 Å². The molecule has 0 spiro atoms. The van der Waals surface area contributed by atoms with Crippen LogP contribution in [0.25, 0.3) is 5.65 Å². The number of nitrogens with one attached hydrogen (secondary N) is 2. The number of anilines is 2. The van der Waals surface area contributed by atoms with E-state index in [1.807, 2.05) is 0 Å². The summed E-state index contributed by atoms with van der Waals surface area (Å²) in [5.41, 5.74) is -0.507. The van der Waals surface area contributed by atoms with Crippen molar-refractivity contribution in [2.45, 2.75) is 19.0 Å². The van der Waals surface area contributed by atoms with Crippen molar-refractivity contribution in [1.29, 1.82) is 0 Å². The first-order valence-electron chi connectivity index (χ1n) is 10.8. The number of halogens is 4. The summed E-state index contributed by atoms with van der Waals surface area (Å²) in [5.74, 6) is 0.0808. The quantitative estimate of drug-likeness (QED) is 0.338. The van der Waals surface area contributed by atoms with Gasteiger partial charge in [0.25, 0.3) is 5.91 Å². The minimum absolute atomic E-state index is 0.0408. The van der Waals surface area contributed by atoms with Gasteiger partial charge in [-0.15, -0.1) is 5.10 Å². The fraction of sp³-hybridized carbons (Fsp3) is 0.167. The average Bonchev–Trinajstić information content (AvgIpc) is 3.59. The van der Waals surface area contributed by atoms with Crippen molar-refractivity contribution in [2.75, 3.05) is 10.6 Å². The number of hydrogen-bond acceptors (Lipinski definition) is 5. The third kappa shape index (κ3) is 5.25. The number of fused-ring (bicyclic) bond motifs is 1. The molecule has 1 saturated carbocycles. The molecule has 2 heterocycles. The zero-order chi connectivity index (χ0) is 25.4. The molecule has 1 aliphatic carbocycles. The van der Waals surface area contributed by atoms with Crippen LogP contribution in [0, 0.1) is 5.92 Å². The van der Waals surface area contributed by atoms with Crippen molar-refractivity contribution in [2.24, 2.45) is 5.92 Å². The lowest BCUT2D eigenvalue weighted by atomic mass is 10.1. The predicted octanol–water partition coefficient (Wildman–Crippen LogP) is 5.79. The Labute approximate surface area is 207 Å². The number of ether oxygens (including phenoxy) is 1. The van der Waals surface area contributed by atoms with Gasteiger partial charge in [0.05, 0.1) is 22.3 Å². The summed E-state index contributed by atoms with van der Waals surface area (Å²) in [5, 5.41) is 9.47. The van der Waals surface area contributed by atoms with Crippen LogP contribution in [0.2, 0.25) is 5.02 Å². The zero-order valence-corrected chi connectivity index (χ0v) is 19.1. The molecule has 2 aromatic carbocycles. The lowest BCUT2D eigenvalue weighted by Crippen LogP contribution is -2.14. The molecule has 2 N–H and O–H groups in total. The lowest BCUT2D eigenvalue weighted by molar-refractivity contribution is -0.137. The van der Waals surface area contributed by atoms with E-state index in [1.165, 1.54) is 10.6 Å². The fourth-order valence-corrected chi connectivity index (χ4v) is 3.59. The standard InChI is InChI=1S/C24H17ClF3N5O3/c25-18-7-6-14(24(26,27)28)10-17(18)23(35)29-15-2-1-3-16(11-15)36-21-9-8-20-30-19(12-33(20)32-21)31-22(34)13-4-5-13/h1-3,6-13H,4-5H2,(H,29,35)(H,31,34).